The van der Waals surface area contributed by atoms with Crippen molar-refractivity contribution in [2.45, 2.75) is 32.3 Å². The molecule has 25 heavy (non-hydrogen) atoms. The molecule has 3 aromatic heterocycles. The van der Waals surface area contributed by atoms with Crippen LogP contribution in [0.3, 0.4) is 0 Å². The van der Waals surface area contributed by atoms with E-state index in [1.807, 2.05) is 43.1 Å². The number of fused-ring (bicyclic) bond motifs is 1. The fourth-order valence-electron chi connectivity index (χ4n) is 3.18. The van der Waals surface area contributed by atoms with Gasteiger partial charge >= 0.3 is 0 Å². The Morgan fingerprint density at radius 3 is 2.76 bits per heavy atom. The summed E-state index contributed by atoms with van der Waals surface area (Å²) >= 11 is 0. The van der Waals surface area contributed by atoms with Gasteiger partial charge < -0.3 is 9.30 Å². The highest BCUT2D eigenvalue weighted by Crippen LogP contribution is 2.23. The van der Waals surface area contributed by atoms with Crippen molar-refractivity contribution in [2.75, 3.05) is 6.61 Å². The van der Waals surface area contributed by atoms with Gasteiger partial charge in [0, 0.05) is 37.1 Å². The van der Waals surface area contributed by atoms with E-state index in [4.69, 9.17) is 4.74 Å². The molecule has 0 amide bonds. The van der Waals surface area contributed by atoms with E-state index in [1.54, 1.807) is 6.20 Å². The molecule has 6 heteroatoms. The first-order valence-electron chi connectivity index (χ1n) is 8.49. The summed E-state index contributed by atoms with van der Waals surface area (Å²) in [5.74, 6) is 1.05. The zero-order valence-corrected chi connectivity index (χ0v) is 14.4. The van der Waals surface area contributed by atoms with Crippen molar-refractivity contribution in [1.29, 1.82) is 0 Å². The molecule has 1 aliphatic rings. The molecule has 0 unspecified atom stereocenters. The van der Waals surface area contributed by atoms with Gasteiger partial charge in [0.15, 0.2) is 5.78 Å². The van der Waals surface area contributed by atoms with Gasteiger partial charge in [0.2, 0.25) is 0 Å². The molecule has 0 saturated carbocycles. The molecule has 1 atom stereocenters. The molecular weight excluding hydrogens is 316 g/mol. The summed E-state index contributed by atoms with van der Waals surface area (Å²) in [5, 5.41) is 1.98. The van der Waals surface area contributed by atoms with Crippen molar-refractivity contribution in [3.8, 4) is 11.4 Å². The number of ketones is 1. The summed E-state index contributed by atoms with van der Waals surface area (Å²) < 4.78 is 7.48. The first-order valence-corrected chi connectivity index (χ1v) is 8.49. The molecule has 0 aromatic carbocycles. The third kappa shape index (κ3) is 3.05. The molecule has 0 bridgehead atoms. The minimum absolute atomic E-state index is 0.112. The van der Waals surface area contributed by atoms with Gasteiger partial charge in [0.25, 0.3) is 0 Å². The number of hydrogen-bond acceptors (Lipinski definition) is 5. The minimum Gasteiger partial charge on any atom is -0.370 e. The maximum atomic E-state index is 12.3. The van der Waals surface area contributed by atoms with Crippen LogP contribution in [0.25, 0.3) is 22.2 Å². The number of carbonyl (C=O) groups is 1. The van der Waals surface area contributed by atoms with Gasteiger partial charge in [-0.1, -0.05) is 0 Å². The van der Waals surface area contributed by atoms with Gasteiger partial charge in [-0.05, 0) is 37.3 Å². The molecule has 128 valence electrons. The fourth-order valence-corrected chi connectivity index (χ4v) is 3.18. The van der Waals surface area contributed by atoms with Crippen LogP contribution >= 0.6 is 0 Å². The Balaban J connectivity index is 1.64. The largest absolute Gasteiger partial charge is 0.370 e. The number of ether oxygens (including phenoxy) is 1. The SMILES string of the molecule is Cc1ncc(-c2cc3cc(CC(=O)[C@@H]4CCCO4)ncc3cn2)n1C. The van der Waals surface area contributed by atoms with Gasteiger partial charge in [-0.2, -0.15) is 0 Å². The predicted molar refractivity (Wildman–Crippen MR) is 94.2 cm³/mol. The Morgan fingerprint density at radius 1 is 1.20 bits per heavy atom. The molecular formula is C19H20N4O2. The zero-order valence-electron chi connectivity index (χ0n) is 14.4. The normalized spacial score (nSPS) is 17.3. The van der Waals surface area contributed by atoms with Crippen molar-refractivity contribution in [3.63, 3.8) is 0 Å². The van der Waals surface area contributed by atoms with Crippen molar-refractivity contribution in [3.05, 3.63) is 42.2 Å². The number of hydrogen-bond donors (Lipinski definition) is 0. The summed E-state index contributed by atoms with van der Waals surface area (Å²) in [6.07, 6.45) is 7.24. The summed E-state index contributed by atoms with van der Waals surface area (Å²) in [6, 6.07) is 3.99. The van der Waals surface area contributed by atoms with Gasteiger partial charge in [-0.3, -0.25) is 14.8 Å². The van der Waals surface area contributed by atoms with E-state index in [0.717, 1.165) is 46.5 Å². The molecule has 3 aromatic rings. The predicted octanol–water partition coefficient (Wildman–Crippen LogP) is 2.63. The number of pyridine rings is 2. The molecule has 0 radical (unpaired) electrons. The van der Waals surface area contributed by atoms with E-state index in [9.17, 15) is 4.79 Å². The Bertz CT molecular complexity index is 942. The molecule has 4 heterocycles. The lowest BCUT2D eigenvalue weighted by Gasteiger charge is -2.09. The molecule has 4 rings (SSSR count). The van der Waals surface area contributed by atoms with E-state index >= 15 is 0 Å². The Labute approximate surface area is 145 Å². The summed E-state index contributed by atoms with van der Waals surface area (Å²) in [4.78, 5) is 25.5. The van der Waals surface area contributed by atoms with Gasteiger partial charge in [-0.15, -0.1) is 0 Å². The van der Waals surface area contributed by atoms with Crippen LogP contribution in [-0.4, -0.2) is 38.0 Å². The average Bonchev–Trinajstić information content (AvgIpc) is 3.26. The topological polar surface area (TPSA) is 69.9 Å². The van der Waals surface area contributed by atoms with Crippen LogP contribution in [0.4, 0.5) is 0 Å². The van der Waals surface area contributed by atoms with Crippen molar-refractivity contribution in [1.82, 2.24) is 19.5 Å². The van der Waals surface area contributed by atoms with Crippen LogP contribution in [0.5, 0.6) is 0 Å². The third-order valence-electron chi connectivity index (χ3n) is 4.79. The molecule has 1 fully saturated rings. The summed E-state index contributed by atoms with van der Waals surface area (Å²) in [6.45, 7) is 2.64. The molecule has 6 nitrogen and oxygen atoms in total. The second-order valence-corrected chi connectivity index (χ2v) is 6.49. The lowest BCUT2D eigenvalue weighted by Crippen LogP contribution is -2.21. The van der Waals surface area contributed by atoms with Gasteiger partial charge in [-0.25, -0.2) is 4.98 Å². The van der Waals surface area contributed by atoms with Crippen molar-refractivity contribution < 1.29 is 9.53 Å². The van der Waals surface area contributed by atoms with E-state index in [-0.39, 0.29) is 11.9 Å². The standard InChI is InChI=1S/C19H20N4O2/c1-12-20-11-17(23(12)2)16-7-13-6-15(21-9-14(13)10-22-16)8-18(24)19-4-3-5-25-19/h6-7,9-11,19H,3-5,8H2,1-2H3/t19-/m0/s1. The Morgan fingerprint density at radius 2 is 2.04 bits per heavy atom. The zero-order chi connectivity index (χ0) is 17.4. The third-order valence-corrected chi connectivity index (χ3v) is 4.79. The van der Waals surface area contributed by atoms with E-state index in [1.165, 1.54) is 0 Å². The second kappa shape index (κ2) is 6.37. The van der Waals surface area contributed by atoms with E-state index < -0.39 is 0 Å². The molecule has 1 aliphatic heterocycles. The summed E-state index contributed by atoms with van der Waals surface area (Å²) in [7, 11) is 1.97. The quantitative estimate of drug-likeness (QED) is 0.732. The van der Waals surface area contributed by atoms with Gasteiger partial charge in [0.05, 0.1) is 24.0 Å². The number of aryl methyl sites for hydroxylation is 1. The molecule has 1 saturated heterocycles. The average molecular weight is 336 g/mol. The van der Waals surface area contributed by atoms with Crippen LogP contribution in [0, 0.1) is 6.92 Å². The minimum atomic E-state index is -0.261. The lowest BCUT2D eigenvalue weighted by atomic mass is 10.1. The van der Waals surface area contributed by atoms with Crippen LogP contribution in [-0.2, 0) is 23.0 Å². The number of carbonyl (C=O) groups excluding carboxylic acids is 1. The van der Waals surface area contributed by atoms with Crippen LogP contribution in [0.1, 0.15) is 24.4 Å². The Kier molecular flexibility index (Phi) is 4.05. The highest BCUT2D eigenvalue weighted by molar-refractivity contribution is 5.88. The summed E-state index contributed by atoms with van der Waals surface area (Å²) in [5.41, 5.74) is 2.60. The number of imidazole rings is 1. The molecule has 0 spiro atoms. The van der Waals surface area contributed by atoms with Gasteiger partial charge in [0.1, 0.15) is 11.9 Å². The lowest BCUT2D eigenvalue weighted by molar-refractivity contribution is -0.127. The maximum absolute atomic E-state index is 12.3. The fraction of sp³-hybridized carbons (Fsp3) is 0.368. The Hall–Kier alpha value is -2.60. The van der Waals surface area contributed by atoms with Crippen LogP contribution in [0.15, 0.2) is 30.7 Å². The van der Waals surface area contributed by atoms with E-state index in [2.05, 4.69) is 15.0 Å². The van der Waals surface area contributed by atoms with Crippen molar-refractivity contribution in [2.24, 2.45) is 7.05 Å². The number of Topliss-reactive ketones (excluding diaryl/α,β-unsaturated/α-hetero) is 1. The molecule has 0 aliphatic carbocycles. The number of nitrogens with zero attached hydrogens (tertiary/aromatic N) is 4. The smallest absolute Gasteiger partial charge is 0.167 e. The first kappa shape index (κ1) is 15.9. The first-order chi connectivity index (χ1) is 12.1. The monoisotopic (exact) mass is 336 g/mol. The highest BCUT2D eigenvalue weighted by Gasteiger charge is 2.23. The van der Waals surface area contributed by atoms with Crippen LogP contribution < -0.4 is 0 Å². The highest BCUT2D eigenvalue weighted by atomic mass is 16.5. The maximum Gasteiger partial charge on any atom is 0.167 e. The number of rotatable bonds is 4. The second-order valence-electron chi connectivity index (χ2n) is 6.49. The number of aromatic nitrogens is 4. The van der Waals surface area contributed by atoms with Crippen molar-refractivity contribution >= 4 is 16.6 Å². The molecule has 0 N–H and O–H groups in total. The van der Waals surface area contributed by atoms with Crippen LogP contribution in [0.2, 0.25) is 0 Å². The van der Waals surface area contributed by atoms with E-state index in [0.29, 0.717) is 13.0 Å².